The number of rotatable bonds is 4. The van der Waals surface area contributed by atoms with Gasteiger partial charge in [-0.1, -0.05) is 24.3 Å². The molecule has 6 heteroatoms. The molecule has 1 N–H and O–H groups in total. The highest BCUT2D eigenvalue weighted by atomic mass is 32.2. The minimum Gasteiger partial charge on any atom is -0.305 e. The molecule has 2 heterocycles. The Kier molecular flexibility index (Phi) is 3.42. The van der Waals surface area contributed by atoms with Crippen molar-refractivity contribution < 1.29 is 8.42 Å². The molecule has 0 amide bonds. The molecule has 0 saturated carbocycles. The molecule has 1 aliphatic rings. The molecule has 5 nitrogen and oxygen atoms in total. The first kappa shape index (κ1) is 13.1. The van der Waals surface area contributed by atoms with Gasteiger partial charge in [0.05, 0.1) is 17.6 Å². The van der Waals surface area contributed by atoms with E-state index in [1.807, 2.05) is 36.5 Å². The molecule has 1 aromatic heterocycles. The van der Waals surface area contributed by atoms with E-state index in [2.05, 4.69) is 10.4 Å². The summed E-state index contributed by atoms with van der Waals surface area (Å²) in [5, 5.41) is 8.78. The summed E-state index contributed by atoms with van der Waals surface area (Å²) in [4.78, 5) is 0. The zero-order chi connectivity index (χ0) is 14.0. The molecule has 0 fully saturated rings. The van der Waals surface area contributed by atoms with Crippen molar-refractivity contribution in [3.05, 3.63) is 59.8 Å². The van der Waals surface area contributed by atoms with Gasteiger partial charge in [0, 0.05) is 29.8 Å². The van der Waals surface area contributed by atoms with Crippen LogP contribution in [-0.4, -0.2) is 30.0 Å². The lowest BCUT2D eigenvalue weighted by atomic mass is 10.3. The zero-order valence-electron chi connectivity index (χ0n) is 10.8. The first-order chi connectivity index (χ1) is 9.62. The standard InChI is InChI=1S/C14H15N3O2S/c18-20(19)7-6-13(11-20)15-8-12-9-16-17(10-12)14-4-2-1-3-5-14/h1-7,9-10,13,15H,8,11H2. The van der Waals surface area contributed by atoms with Gasteiger partial charge in [-0.2, -0.15) is 5.10 Å². The molecule has 0 saturated heterocycles. The Bertz CT molecular complexity index is 720. The Morgan fingerprint density at radius 3 is 2.80 bits per heavy atom. The molecular formula is C14H15N3O2S. The van der Waals surface area contributed by atoms with Crippen LogP contribution in [0.15, 0.2) is 54.2 Å². The van der Waals surface area contributed by atoms with Gasteiger partial charge in [0.2, 0.25) is 0 Å². The highest BCUT2D eigenvalue weighted by Crippen LogP contribution is 2.10. The molecule has 1 aromatic carbocycles. The van der Waals surface area contributed by atoms with Gasteiger partial charge in [0.1, 0.15) is 0 Å². The summed E-state index contributed by atoms with van der Waals surface area (Å²) in [5.41, 5.74) is 2.02. The number of benzene rings is 1. The zero-order valence-corrected chi connectivity index (χ0v) is 11.6. The van der Waals surface area contributed by atoms with Crippen molar-refractivity contribution in [2.75, 3.05) is 5.75 Å². The van der Waals surface area contributed by atoms with Crippen LogP contribution in [0, 0.1) is 0 Å². The Morgan fingerprint density at radius 1 is 1.30 bits per heavy atom. The Hall–Kier alpha value is -1.92. The predicted molar refractivity (Wildman–Crippen MR) is 77.1 cm³/mol. The maximum Gasteiger partial charge on any atom is 0.173 e. The molecule has 2 aromatic rings. The molecule has 0 radical (unpaired) electrons. The van der Waals surface area contributed by atoms with Crippen LogP contribution < -0.4 is 5.32 Å². The van der Waals surface area contributed by atoms with Gasteiger partial charge in [-0.05, 0) is 12.1 Å². The SMILES string of the molecule is O=S1(=O)C=CC(NCc2cnn(-c3ccccc3)c2)C1. The number of nitrogens with one attached hydrogen (secondary N) is 1. The van der Waals surface area contributed by atoms with Crippen molar-refractivity contribution in [3.63, 3.8) is 0 Å². The van der Waals surface area contributed by atoms with E-state index in [4.69, 9.17) is 0 Å². The predicted octanol–water partition coefficient (Wildman–Crippen LogP) is 1.27. The first-order valence-corrected chi connectivity index (χ1v) is 8.07. The highest BCUT2D eigenvalue weighted by Gasteiger charge is 2.20. The molecule has 0 aliphatic carbocycles. The van der Waals surface area contributed by atoms with Crippen LogP contribution in [0.1, 0.15) is 5.56 Å². The summed E-state index contributed by atoms with van der Waals surface area (Å²) in [7, 11) is -3.00. The third-order valence-corrected chi connectivity index (χ3v) is 4.55. The molecule has 0 spiro atoms. The summed E-state index contributed by atoms with van der Waals surface area (Å²) >= 11 is 0. The monoisotopic (exact) mass is 289 g/mol. The third kappa shape index (κ3) is 2.97. The molecule has 3 rings (SSSR count). The lowest BCUT2D eigenvalue weighted by Gasteiger charge is -2.07. The second kappa shape index (κ2) is 5.22. The van der Waals surface area contributed by atoms with Crippen LogP contribution in [0.3, 0.4) is 0 Å². The molecular weight excluding hydrogens is 274 g/mol. The average Bonchev–Trinajstić information content (AvgIpc) is 3.04. The van der Waals surface area contributed by atoms with Gasteiger partial charge >= 0.3 is 0 Å². The molecule has 0 bridgehead atoms. The number of para-hydroxylation sites is 1. The summed E-state index contributed by atoms with van der Waals surface area (Å²) in [6, 6.07) is 9.74. The Morgan fingerprint density at radius 2 is 2.10 bits per heavy atom. The lowest BCUT2D eigenvalue weighted by Crippen LogP contribution is -2.29. The van der Waals surface area contributed by atoms with Crippen LogP contribution in [0.2, 0.25) is 0 Å². The second-order valence-electron chi connectivity index (χ2n) is 4.77. The normalized spacial score (nSPS) is 20.3. The molecule has 104 valence electrons. The quantitative estimate of drug-likeness (QED) is 0.920. The van der Waals surface area contributed by atoms with E-state index in [0.717, 1.165) is 11.3 Å². The fourth-order valence-corrected chi connectivity index (χ4v) is 3.39. The largest absolute Gasteiger partial charge is 0.305 e. The minimum atomic E-state index is -3.00. The van der Waals surface area contributed by atoms with Crippen LogP contribution in [0.4, 0.5) is 0 Å². The van der Waals surface area contributed by atoms with Gasteiger partial charge in [0.25, 0.3) is 0 Å². The van der Waals surface area contributed by atoms with Crippen LogP contribution in [0.25, 0.3) is 5.69 Å². The van der Waals surface area contributed by atoms with Gasteiger partial charge < -0.3 is 5.32 Å². The van der Waals surface area contributed by atoms with Crippen molar-refractivity contribution in [1.82, 2.24) is 15.1 Å². The Balaban J connectivity index is 1.63. The van der Waals surface area contributed by atoms with E-state index in [0.29, 0.717) is 6.54 Å². The first-order valence-electron chi connectivity index (χ1n) is 6.36. The van der Waals surface area contributed by atoms with Crippen molar-refractivity contribution in [2.24, 2.45) is 0 Å². The highest BCUT2D eigenvalue weighted by molar-refractivity contribution is 7.94. The number of hydrogen-bond donors (Lipinski definition) is 1. The molecule has 20 heavy (non-hydrogen) atoms. The Labute approximate surface area is 117 Å². The number of nitrogens with zero attached hydrogens (tertiary/aromatic N) is 2. The van der Waals surface area contributed by atoms with Crippen molar-refractivity contribution >= 4 is 9.84 Å². The maximum absolute atomic E-state index is 11.3. The minimum absolute atomic E-state index is 0.111. The van der Waals surface area contributed by atoms with Crippen LogP contribution in [0.5, 0.6) is 0 Å². The average molecular weight is 289 g/mol. The van der Waals surface area contributed by atoms with Crippen molar-refractivity contribution in [2.45, 2.75) is 12.6 Å². The fraction of sp³-hybridized carbons (Fsp3) is 0.214. The molecule has 1 atom stereocenters. The molecule has 1 unspecified atom stereocenters. The lowest BCUT2D eigenvalue weighted by molar-refractivity contribution is 0.590. The van der Waals surface area contributed by atoms with E-state index in [1.54, 1.807) is 17.0 Å². The van der Waals surface area contributed by atoms with Gasteiger partial charge in [-0.25, -0.2) is 13.1 Å². The maximum atomic E-state index is 11.3. The van der Waals surface area contributed by atoms with Gasteiger partial charge in [-0.15, -0.1) is 0 Å². The summed E-state index contributed by atoms with van der Waals surface area (Å²) < 4.78 is 24.4. The van der Waals surface area contributed by atoms with E-state index in [-0.39, 0.29) is 11.8 Å². The smallest absolute Gasteiger partial charge is 0.173 e. The van der Waals surface area contributed by atoms with Crippen molar-refractivity contribution in [3.8, 4) is 5.69 Å². The number of hydrogen-bond acceptors (Lipinski definition) is 4. The van der Waals surface area contributed by atoms with Crippen LogP contribution in [-0.2, 0) is 16.4 Å². The van der Waals surface area contributed by atoms with Crippen molar-refractivity contribution in [1.29, 1.82) is 0 Å². The van der Waals surface area contributed by atoms with Gasteiger partial charge in [-0.3, -0.25) is 0 Å². The van der Waals surface area contributed by atoms with Crippen LogP contribution >= 0.6 is 0 Å². The topological polar surface area (TPSA) is 64.0 Å². The number of sulfone groups is 1. The summed E-state index contributed by atoms with van der Waals surface area (Å²) in [6.07, 6.45) is 5.42. The summed E-state index contributed by atoms with van der Waals surface area (Å²) in [5.74, 6) is 0.139. The third-order valence-electron chi connectivity index (χ3n) is 3.16. The van der Waals surface area contributed by atoms with Gasteiger partial charge in [0.15, 0.2) is 9.84 Å². The molecule has 1 aliphatic heterocycles. The second-order valence-corrected chi connectivity index (χ2v) is 6.71. The fourth-order valence-electron chi connectivity index (χ4n) is 2.13. The van der Waals surface area contributed by atoms with E-state index in [1.165, 1.54) is 5.41 Å². The van der Waals surface area contributed by atoms with E-state index in [9.17, 15) is 8.42 Å². The van der Waals surface area contributed by atoms with E-state index < -0.39 is 9.84 Å². The van der Waals surface area contributed by atoms with E-state index >= 15 is 0 Å². The number of aromatic nitrogens is 2. The summed E-state index contributed by atoms with van der Waals surface area (Å²) in [6.45, 7) is 0.595.